The molecular formula is C11H13NO4S. The van der Waals surface area contributed by atoms with Crippen LogP contribution in [0.1, 0.15) is 13.8 Å². The molecule has 0 heterocycles. The number of rotatable bonds is 5. The molecule has 0 aliphatic rings. The number of benzene rings is 1. The zero-order valence-corrected chi connectivity index (χ0v) is 10.4. The highest BCUT2D eigenvalue weighted by molar-refractivity contribution is 8.00. The number of esters is 1. The summed E-state index contributed by atoms with van der Waals surface area (Å²) in [7, 11) is 0. The fourth-order valence-electron chi connectivity index (χ4n) is 1.10. The van der Waals surface area contributed by atoms with Crippen molar-refractivity contribution in [3.05, 3.63) is 34.4 Å². The highest BCUT2D eigenvalue weighted by Gasteiger charge is 2.08. The lowest BCUT2D eigenvalue weighted by atomic mass is 10.3. The Bertz CT molecular complexity index is 402. The molecule has 0 spiro atoms. The molecule has 0 aromatic heterocycles. The summed E-state index contributed by atoms with van der Waals surface area (Å²) in [5.41, 5.74) is 0.0408. The Kier molecular flexibility index (Phi) is 4.96. The van der Waals surface area contributed by atoms with E-state index in [1.165, 1.54) is 23.9 Å². The van der Waals surface area contributed by atoms with Crippen LogP contribution in [0.4, 0.5) is 5.69 Å². The predicted molar refractivity (Wildman–Crippen MR) is 65.0 cm³/mol. The van der Waals surface area contributed by atoms with Gasteiger partial charge >= 0.3 is 5.97 Å². The van der Waals surface area contributed by atoms with Gasteiger partial charge in [0.05, 0.1) is 16.8 Å². The van der Waals surface area contributed by atoms with Gasteiger partial charge in [-0.2, -0.15) is 0 Å². The van der Waals surface area contributed by atoms with E-state index in [9.17, 15) is 14.9 Å². The lowest BCUT2D eigenvalue weighted by molar-refractivity contribution is -0.384. The lowest BCUT2D eigenvalue weighted by Gasteiger charge is -2.07. The molecule has 0 aliphatic heterocycles. The monoisotopic (exact) mass is 255 g/mol. The van der Waals surface area contributed by atoms with Crippen molar-refractivity contribution < 1.29 is 14.5 Å². The van der Waals surface area contributed by atoms with E-state index >= 15 is 0 Å². The molecule has 92 valence electrons. The van der Waals surface area contributed by atoms with Crippen LogP contribution in [0.3, 0.4) is 0 Å². The first-order valence-corrected chi connectivity index (χ1v) is 6.04. The molecule has 1 aromatic rings. The molecule has 0 N–H and O–H groups in total. The second-order valence-electron chi connectivity index (χ2n) is 3.58. The highest BCUT2D eigenvalue weighted by Crippen LogP contribution is 2.21. The SMILES string of the molecule is CC(C)OC(=O)CSc1ccc([N+](=O)[O-])cc1. The van der Waals surface area contributed by atoms with Crippen molar-refractivity contribution in [1.82, 2.24) is 0 Å². The van der Waals surface area contributed by atoms with Crippen molar-refractivity contribution in [1.29, 1.82) is 0 Å². The summed E-state index contributed by atoms with van der Waals surface area (Å²) in [4.78, 5) is 22.0. The molecule has 0 aliphatic carbocycles. The third-order valence-electron chi connectivity index (χ3n) is 1.77. The minimum atomic E-state index is -0.457. The fourth-order valence-corrected chi connectivity index (χ4v) is 1.78. The van der Waals surface area contributed by atoms with E-state index in [1.54, 1.807) is 26.0 Å². The summed E-state index contributed by atoms with van der Waals surface area (Å²) in [6, 6.07) is 6.06. The topological polar surface area (TPSA) is 69.4 Å². The van der Waals surface area contributed by atoms with Crippen LogP contribution in [0.25, 0.3) is 0 Å². The Balaban J connectivity index is 2.47. The number of nitro groups is 1. The van der Waals surface area contributed by atoms with Crippen LogP contribution in [-0.4, -0.2) is 22.7 Å². The van der Waals surface area contributed by atoms with E-state index in [2.05, 4.69) is 0 Å². The minimum Gasteiger partial charge on any atom is -0.462 e. The smallest absolute Gasteiger partial charge is 0.316 e. The van der Waals surface area contributed by atoms with Gasteiger partial charge in [-0.15, -0.1) is 11.8 Å². The van der Waals surface area contributed by atoms with Crippen molar-refractivity contribution in [3.63, 3.8) is 0 Å². The van der Waals surface area contributed by atoms with Crippen LogP contribution in [0.15, 0.2) is 29.2 Å². The van der Waals surface area contributed by atoms with Gasteiger partial charge in [0.15, 0.2) is 0 Å². The summed E-state index contributed by atoms with van der Waals surface area (Å²) in [6.45, 7) is 3.57. The summed E-state index contributed by atoms with van der Waals surface area (Å²) in [5.74, 6) is -0.0842. The van der Waals surface area contributed by atoms with E-state index in [1.807, 2.05) is 0 Å². The first kappa shape index (κ1) is 13.5. The van der Waals surface area contributed by atoms with Gasteiger partial charge in [0, 0.05) is 17.0 Å². The number of carbonyl (C=O) groups is 1. The molecule has 0 radical (unpaired) electrons. The number of ether oxygens (including phenoxy) is 1. The van der Waals surface area contributed by atoms with Crippen molar-refractivity contribution in [2.24, 2.45) is 0 Å². The van der Waals surface area contributed by atoms with E-state index in [0.717, 1.165) is 4.90 Å². The van der Waals surface area contributed by atoms with E-state index in [0.29, 0.717) is 0 Å². The number of carbonyl (C=O) groups excluding carboxylic acids is 1. The van der Waals surface area contributed by atoms with Crippen LogP contribution >= 0.6 is 11.8 Å². The van der Waals surface area contributed by atoms with Gasteiger partial charge in [0.2, 0.25) is 0 Å². The zero-order chi connectivity index (χ0) is 12.8. The van der Waals surface area contributed by atoms with Gasteiger partial charge in [-0.1, -0.05) is 0 Å². The Morgan fingerprint density at radius 2 is 2.00 bits per heavy atom. The van der Waals surface area contributed by atoms with Crippen molar-refractivity contribution in [2.45, 2.75) is 24.8 Å². The number of thioether (sulfide) groups is 1. The predicted octanol–water partition coefficient (Wildman–Crippen LogP) is 2.64. The average molecular weight is 255 g/mol. The number of non-ortho nitro benzene ring substituents is 1. The molecule has 0 bridgehead atoms. The standard InChI is InChI=1S/C11H13NO4S/c1-8(2)16-11(13)7-17-10-5-3-9(4-6-10)12(14)15/h3-6,8H,7H2,1-2H3. The first-order chi connectivity index (χ1) is 7.99. The Labute approximate surface area is 103 Å². The van der Waals surface area contributed by atoms with Gasteiger partial charge in [0.1, 0.15) is 0 Å². The third-order valence-corrected chi connectivity index (χ3v) is 2.76. The molecular weight excluding hydrogens is 242 g/mol. The van der Waals surface area contributed by atoms with Crippen molar-refractivity contribution in [3.8, 4) is 0 Å². The van der Waals surface area contributed by atoms with Gasteiger partial charge in [-0.25, -0.2) is 0 Å². The Hall–Kier alpha value is -1.56. The number of nitrogens with zero attached hydrogens (tertiary/aromatic N) is 1. The van der Waals surface area contributed by atoms with Gasteiger partial charge in [0.25, 0.3) is 5.69 Å². The van der Waals surface area contributed by atoms with Crippen molar-refractivity contribution in [2.75, 3.05) is 5.75 Å². The lowest BCUT2D eigenvalue weighted by Crippen LogP contribution is -2.13. The Morgan fingerprint density at radius 3 is 2.47 bits per heavy atom. The highest BCUT2D eigenvalue weighted by atomic mass is 32.2. The van der Waals surface area contributed by atoms with Gasteiger partial charge in [-0.05, 0) is 26.0 Å². The van der Waals surface area contributed by atoms with Crippen molar-refractivity contribution >= 4 is 23.4 Å². The summed E-state index contributed by atoms with van der Waals surface area (Å²) in [5, 5.41) is 10.4. The minimum absolute atomic E-state index is 0.0408. The zero-order valence-electron chi connectivity index (χ0n) is 9.58. The maximum Gasteiger partial charge on any atom is 0.316 e. The molecule has 0 atom stereocenters. The second kappa shape index (κ2) is 6.24. The molecule has 17 heavy (non-hydrogen) atoms. The molecule has 6 heteroatoms. The van der Waals surface area contributed by atoms with E-state index in [4.69, 9.17) is 4.74 Å². The maximum absolute atomic E-state index is 11.3. The fraction of sp³-hybridized carbons (Fsp3) is 0.364. The molecule has 1 aromatic carbocycles. The largest absolute Gasteiger partial charge is 0.462 e. The van der Waals surface area contributed by atoms with E-state index in [-0.39, 0.29) is 23.5 Å². The Morgan fingerprint density at radius 1 is 1.41 bits per heavy atom. The number of hydrogen-bond donors (Lipinski definition) is 0. The second-order valence-corrected chi connectivity index (χ2v) is 4.63. The van der Waals surface area contributed by atoms with E-state index < -0.39 is 4.92 Å². The van der Waals surface area contributed by atoms with Crippen LogP contribution < -0.4 is 0 Å². The first-order valence-electron chi connectivity index (χ1n) is 5.06. The number of hydrogen-bond acceptors (Lipinski definition) is 5. The molecule has 0 unspecified atom stereocenters. The summed E-state index contributed by atoms with van der Waals surface area (Å²) >= 11 is 1.29. The van der Waals surface area contributed by atoms with Crippen LogP contribution in [-0.2, 0) is 9.53 Å². The quantitative estimate of drug-likeness (QED) is 0.350. The molecule has 1 rings (SSSR count). The molecule has 0 fully saturated rings. The molecule has 0 saturated carbocycles. The van der Waals surface area contributed by atoms with Crippen LogP contribution in [0.2, 0.25) is 0 Å². The summed E-state index contributed by atoms with van der Waals surface area (Å²) < 4.78 is 4.97. The molecule has 0 saturated heterocycles. The van der Waals surface area contributed by atoms with Gasteiger partial charge in [-0.3, -0.25) is 14.9 Å². The third kappa shape index (κ3) is 4.86. The molecule has 5 nitrogen and oxygen atoms in total. The number of nitro benzene ring substituents is 1. The maximum atomic E-state index is 11.3. The summed E-state index contributed by atoms with van der Waals surface area (Å²) in [6.07, 6.45) is -0.125. The average Bonchev–Trinajstić information content (AvgIpc) is 2.26. The van der Waals surface area contributed by atoms with Gasteiger partial charge < -0.3 is 4.74 Å². The normalized spacial score (nSPS) is 10.3. The van der Waals surface area contributed by atoms with Crippen LogP contribution in [0.5, 0.6) is 0 Å². The van der Waals surface area contributed by atoms with Crippen LogP contribution in [0, 0.1) is 10.1 Å². The molecule has 0 amide bonds.